The van der Waals surface area contributed by atoms with Crippen molar-refractivity contribution in [3.63, 3.8) is 0 Å². The van der Waals surface area contributed by atoms with Gasteiger partial charge in [0, 0.05) is 17.9 Å². The highest BCUT2D eigenvalue weighted by Gasteiger charge is 2.14. The van der Waals surface area contributed by atoms with Crippen molar-refractivity contribution in [1.29, 1.82) is 0 Å². The summed E-state index contributed by atoms with van der Waals surface area (Å²) in [4.78, 5) is 12.0. The van der Waals surface area contributed by atoms with Crippen molar-refractivity contribution in [3.05, 3.63) is 59.4 Å². The third-order valence-corrected chi connectivity index (χ3v) is 3.49. The third-order valence-electron chi connectivity index (χ3n) is 3.49. The van der Waals surface area contributed by atoms with Crippen LogP contribution in [0.4, 0.5) is 20.6 Å². The number of rotatable bonds is 2. The monoisotopic (exact) mass is 285 g/mol. The fourth-order valence-corrected chi connectivity index (χ4v) is 2.47. The normalized spacial score (nSPS) is 13.4. The number of anilines is 2. The Morgan fingerprint density at radius 1 is 1.10 bits per heavy atom. The summed E-state index contributed by atoms with van der Waals surface area (Å²) in [6, 6.07) is 11.2. The lowest BCUT2D eigenvalue weighted by molar-refractivity contribution is 0.262. The van der Waals surface area contributed by atoms with Crippen LogP contribution in [0.25, 0.3) is 0 Å². The highest BCUT2D eigenvalue weighted by molar-refractivity contribution is 6.00. The molecule has 0 unspecified atom stereocenters. The minimum absolute atomic E-state index is 0.325. The molecule has 108 valence electrons. The van der Waals surface area contributed by atoms with E-state index < -0.39 is 0 Å². The topological polar surface area (TPSA) is 53.2 Å². The zero-order valence-electron chi connectivity index (χ0n) is 11.4. The number of amides is 2. The summed E-state index contributed by atoms with van der Waals surface area (Å²) in [7, 11) is 0. The molecule has 0 saturated carbocycles. The first-order chi connectivity index (χ1) is 10.2. The van der Waals surface area contributed by atoms with Crippen LogP contribution < -0.4 is 16.0 Å². The number of fused-ring (bicyclic) bond motifs is 1. The summed E-state index contributed by atoms with van der Waals surface area (Å²) in [5, 5.41) is 8.86. The van der Waals surface area contributed by atoms with Crippen molar-refractivity contribution in [2.24, 2.45) is 0 Å². The Morgan fingerprint density at radius 3 is 2.71 bits per heavy atom. The molecule has 4 nitrogen and oxygen atoms in total. The molecule has 0 aliphatic carbocycles. The van der Waals surface area contributed by atoms with Crippen LogP contribution in [0.15, 0.2) is 42.5 Å². The second-order valence-electron chi connectivity index (χ2n) is 4.96. The van der Waals surface area contributed by atoms with E-state index in [9.17, 15) is 9.18 Å². The van der Waals surface area contributed by atoms with Crippen LogP contribution in [0.2, 0.25) is 0 Å². The van der Waals surface area contributed by atoms with Gasteiger partial charge in [-0.15, -0.1) is 0 Å². The number of halogens is 1. The smallest absolute Gasteiger partial charge is 0.312 e. The van der Waals surface area contributed by atoms with Gasteiger partial charge in [0.05, 0.1) is 0 Å². The Bertz CT molecular complexity index is 655. The van der Waals surface area contributed by atoms with Crippen molar-refractivity contribution in [2.75, 3.05) is 17.2 Å². The fraction of sp³-hybridized carbons (Fsp3) is 0.188. The van der Waals surface area contributed by atoms with Gasteiger partial charge in [0.1, 0.15) is 5.82 Å². The van der Waals surface area contributed by atoms with E-state index in [0.717, 1.165) is 25.2 Å². The average Bonchev–Trinajstić information content (AvgIpc) is 2.50. The van der Waals surface area contributed by atoms with E-state index in [0.29, 0.717) is 5.69 Å². The zero-order valence-corrected chi connectivity index (χ0v) is 11.4. The predicted octanol–water partition coefficient (Wildman–Crippen LogP) is 3.12. The molecule has 21 heavy (non-hydrogen) atoms. The van der Waals surface area contributed by atoms with Crippen LogP contribution in [0, 0.1) is 5.82 Å². The summed E-state index contributed by atoms with van der Waals surface area (Å²) in [5.41, 5.74) is 3.76. The fourth-order valence-electron chi connectivity index (χ4n) is 2.47. The number of urea groups is 1. The molecule has 2 aromatic carbocycles. The van der Waals surface area contributed by atoms with E-state index >= 15 is 0 Å². The Kier molecular flexibility index (Phi) is 3.83. The molecule has 0 saturated heterocycles. The molecule has 3 rings (SSSR count). The second kappa shape index (κ2) is 5.93. The van der Waals surface area contributed by atoms with Gasteiger partial charge in [0.25, 0.3) is 0 Å². The van der Waals surface area contributed by atoms with Gasteiger partial charge in [-0.2, -0.15) is 0 Å². The summed E-state index contributed by atoms with van der Waals surface area (Å²) >= 11 is 0. The Morgan fingerprint density at radius 2 is 1.90 bits per heavy atom. The Balaban J connectivity index is 1.71. The molecule has 2 aromatic rings. The van der Waals surface area contributed by atoms with Gasteiger partial charge in [-0.25, -0.2) is 9.18 Å². The molecule has 1 aliphatic rings. The van der Waals surface area contributed by atoms with Crippen molar-refractivity contribution in [3.8, 4) is 0 Å². The predicted molar refractivity (Wildman–Crippen MR) is 80.9 cm³/mol. The lowest BCUT2D eigenvalue weighted by atomic mass is 9.99. The minimum atomic E-state index is -0.328. The van der Waals surface area contributed by atoms with Gasteiger partial charge in [0.15, 0.2) is 0 Å². The standard InChI is InChI=1S/C16H16FN3O/c17-12-4-6-13(7-5-12)19-16(21)20-15-3-1-2-11-10-18-9-8-14(11)15/h1-7,18H,8-10H2,(H2,19,20,21). The number of carbonyl (C=O) groups is 1. The van der Waals surface area contributed by atoms with Crippen molar-refractivity contribution >= 4 is 17.4 Å². The molecule has 0 radical (unpaired) electrons. The van der Waals surface area contributed by atoms with Crippen LogP contribution in [0.1, 0.15) is 11.1 Å². The van der Waals surface area contributed by atoms with Crippen molar-refractivity contribution < 1.29 is 9.18 Å². The van der Waals surface area contributed by atoms with E-state index in [-0.39, 0.29) is 11.8 Å². The van der Waals surface area contributed by atoms with Crippen LogP contribution >= 0.6 is 0 Å². The van der Waals surface area contributed by atoms with Crippen LogP contribution in [0.5, 0.6) is 0 Å². The van der Waals surface area contributed by atoms with Gasteiger partial charge < -0.3 is 16.0 Å². The number of nitrogens with one attached hydrogen (secondary N) is 3. The maximum atomic E-state index is 12.8. The lowest BCUT2D eigenvalue weighted by Gasteiger charge is -2.20. The molecular formula is C16H16FN3O. The van der Waals surface area contributed by atoms with Crippen molar-refractivity contribution in [2.45, 2.75) is 13.0 Å². The average molecular weight is 285 g/mol. The highest BCUT2D eigenvalue weighted by atomic mass is 19.1. The van der Waals surface area contributed by atoms with E-state index in [1.165, 1.54) is 35.4 Å². The first-order valence-corrected chi connectivity index (χ1v) is 6.87. The minimum Gasteiger partial charge on any atom is -0.312 e. The number of hydrogen-bond acceptors (Lipinski definition) is 2. The van der Waals surface area contributed by atoms with E-state index in [4.69, 9.17) is 0 Å². The van der Waals surface area contributed by atoms with Crippen molar-refractivity contribution in [1.82, 2.24) is 5.32 Å². The van der Waals surface area contributed by atoms with Gasteiger partial charge >= 0.3 is 6.03 Å². The molecule has 3 N–H and O–H groups in total. The largest absolute Gasteiger partial charge is 0.323 e. The maximum absolute atomic E-state index is 12.8. The van der Waals surface area contributed by atoms with Gasteiger partial charge in [-0.3, -0.25) is 0 Å². The van der Waals surface area contributed by atoms with Gasteiger partial charge in [0.2, 0.25) is 0 Å². The lowest BCUT2D eigenvalue weighted by Crippen LogP contribution is -2.26. The Labute approximate surface area is 122 Å². The molecule has 0 aromatic heterocycles. The quantitative estimate of drug-likeness (QED) is 0.794. The van der Waals surface area contributed by atoms with E-state index in [2.05, 4.69) is 22.0 Å². The summed E-state index contributed by atoms with van der Waals surface area (Å²) in [6.45, 7) is 1.73. The SMILES string of the molecule is O=C(Nc1ccc(F)cc1)Nc1cccc2c1CCNC2. The molecule has 0 atom stereocenters. The van der Waals surface area contributed by atoms with Crippen LogP contribution in [0.3, 0.4) is 0 Å². The van der Waals surface area contributed by atoms with E-state index in [1.807, 2.05) is 12.1 Å². The van der Waals surface area contributed by atoms with Crippen LogP contribution in [-0.4, -0.2) is 12.6 Å². The zero-order chi connectivity index (χ0) is 14.7. The van der Waals surface area contributed by atoms with Gasteiger partial charge in [-0.1, -0.05) is 12.1 Å². The van der Waals surface area contributed by atoms with E-state index in [1.54, 1.807) is 0 Å². The van der Waals surface area contributed by atoms with Crippen LogP contribution in [-0.2, 0) is 13.0 Å². The Hall–Kier alpha value is -2.40. The first kappa shape index (κ1) is 13.6. The molecule has 1 aliphatic heterocycles. The molecule has 0 spiro atoms. The molecule has 5 heteroatoms. The third kappa shape index (κ3) is 3.20. The number of hydrogen-bond donors (Lipinski definition) is 3. The maximum Gasteiger partial charge on any atom is 0.323 e. The number of benzene rings is 2. The summed E-state index contributed by atoms with van der Waals surface area (Å²) in [6.07, 6.45) is 0.891. The number of carbonyl (C=O) groups excluding carboxylic acids is 1. The summed E-state index contributed by atoms with van der Waals surface area (Å²) < 4.78 is 12.8. The molecule has 1 heterocycles. The highest BCUT2D eigenvalue weighted by Crippen LogP contribution is 2.23. The first-order valence-electron chi connectivity index (χ1n) is 6.87. The summed E-state index contributed by atoms with van der Waals surface area (Å²) in [5.74, 6) is -0.328. The molecule has 0 fully saturated rings. The van der Waals surface area contributed by atoms with Gasteiger partial charge in [-0.05, 0) is 54.4 Å². The molecule has 2 amide bonds. The second-order valence-corrected chi connectivity index (χ2v) is 4.96. The molecular weight excluding hydrogens is 269 g/mol. The molecule has 0 bridgehead atoms.